The molecule has 0 aromatic heterocycles. The van der Waals surface area contributed by atoms with Crippen LogP contribution in [0.25, 0.3) is 0 Å². The van der Waals surface area contributed by atoms with Crippen molar-refractivity contribution in [1.82, 2.24) is 9.21 Å². The first kappa shape index (κ1) is 22.5. The van der Waals surface area contributed by atoms with Gasteiger partial charge < -0.3 is 14.5 Å². The molecule has 7 nitrogen and oxygen atoms in total. The molecule has 172 valence electrons. The molecular weight excluding hydrogens is 433 g/mol. The molecule has 0 N–H and O–H groups in total. The van der Waals surface area contributed by atoms with E-state index in [1.807, 2.05) is 4.90 Å². The summed E-state index contributed by atoms with van der Waals surface area (Å²) in [5.41, 5.74) is 1.22. The average Bonchev–Trinajstić information content (AvgIpc) is 3.34. The second-order valence-corrected chi connectivity index (χ2v) is 10.1. The number of nitrogens with zero attached hydrogens (tertiary/aromatic N) is 3. The standard InChI is InChI=1S/C23H28FN3O4S/c1-18-16-19(32(29,30)27-10-4-5-11-27)8-9-22(18)31-17-23(28)26-14-12-25(13-15-26)21-7-3-2-6-20(21)24/h2-3,6-9,16H,4-5,10-15,17H2,1H3. The van der Waals surface area contributed by atoms with Crippen molar-refractivity contribution in [2.75, 3.05) is 50.8 Å². The molecule has 0 unspecified atom stereocenters. The Hall–Kier alpha value is -2.65. The lowest BCUT2D eigenvalue weighted by Crippen LogP contribution is -2.50. The maximum absolute atomic E-state index is 14.0. The van der Waals surface area contributed by atoms with Crippen LogP contribution in [0.2, 0.25) is 0 Å². The molecule has 0 bridgehead atoms. The van der Waals surface area contributed by atoms with Crippen LogP contribution in [-0.4, -0.2) is 69.4 Å². The highest BCUT2D eigenvalue weighted by atomic mass is 32.2. The number of hydrogen-bond acceptors (Lipinski definition) is 5. The van der Waals surface area contributed by atoms with Crippen molar-refractivity contribution in [1.29, 1.82) is 0 Å². The van der Waals surface area contributed by atoms with Crippen LogP contribution in [0, 0.1) is 12.7 Å². The summed E-state index contributed by atoms with van der Waals surface area (Å²) in [5, 5.41) is 0. The Morgan fingerprint density at radius 2 is 1.69 bits per heavy atom. The highest BCUT2D eigenvalue weighted by Crippen LogP contribution is 2.26. The molecule has 0 atom stereocenters. The molecule has 2 aliphatic rings. The summed E-state index contributed by atoms with van der Waals surface area (Å²) in [7, 11) is -3.49. The summed E-state index contributed by atoms with van der Waals surface area (Å²) >= 11 is 0. The molecule has 9 heteroatoms. The number of carbonyl (C=O) groups is 1. The van der Waals surface area contributed by atoms with Crippen molar-refractivity contribution in [3.8, 4) is 5.75 Å². The molecule has 0 aliphatic carbocycles. The molecule has 0 radical (unpaired) electrons. The average molecular weight is 462 g/mol. The SMILES string of the molecule is Cc1cc(S(=O)(=O)N2CCCC2)ccc1OCC(=O)N1CCN(c2ccccc2F)CC1. The van der Waals surface area contributed by atoms with Gasteiger partial charge in [0.1, 0.15) is 11.6 Å². The number of aryl methyl sites for hydroxylation is 1. The third kappa shape index (κ3) is 4.73. The lowest BCUT2D eigenvalue weighted by atomic mass is 10.2. The fourth-order valence-electron chi connectivity index (χ4n) is 4.16. The number of halogens is 1. The number of benzene rings is 2. The van der Waals surface area contributed by atoms with Crippen molar-refractivity contribution >= 4 is 21.6 Å². The number of amides is 1. The van der Waals surface area contributed by atoms with E-state index in [1.165, 1.54) is 16.4 Å². The van der Waals surface area contributed by atoms with Gasteiger partial charge in [-0.1, -0.05) is 12.1 Å². The van der Waals surface area contributed by atoms with E-state index in [0.717, 1.165) is 12.8 Å². The van der Waals surface area contributed by atoms with Gasteiger partial charge in [0.25, 0.3) is 5.91 Å². The molecule has 32 heavy (non-hydrogen) atoms. The summed E-state index contributed by atoms with van der Waals surface area (Å²) < 4.78 is 46.6. The zero-order valence-corrected chi connectivity index (χ0v) is 19.0. The third-order valence-electron chi connectivity index (χ3n) is 6.03. The van der Waals surface area contributed by atoms with Gasteiger partial charge in [-0.15, -0.1) is 0 Å². The van der Waals surface area contributed by atoms with Crippen molar-refractivity contribution in [2.24, 2.45) is 0 Å². The molecule has 0 spiro atoms. The van der Waals surface area contributed by atoms with Crippen LogP contribution in [0.4, 0.5) is 10.1 Å². The Morgan fingerprint density at radius 3 is 2.34 bits per heavy atom. The second kappa shape index (κ2) is 9.46. The summed E-state index contributed by atoms with van der Waals surface area (Å²) in [4.78, 5) is 16.5. The van der Waals surface area contributed by atoms with Gasteiger partial charge in [0.05, 0.1) is 10.6 Å². The van der Waals surface area contributed by atoms with Gasteiger partial charge >= 0.3 is 0 Å². The van der Waals surface area contributed by atoms with E-state index < -0.39 is 10.0 Å². The molecule has 2 aromatic carbocycles. The Bertz CT molecular complexity index is 1080. The summed E-state index contributed by atoms with van der Waals surface area (Å²) in [6.45, 7) is 4.83. The van der Waals surface area contributed by atoms with Gasteiger partial charge in [0.15, 0.2) is 6.61 Å². The number of para-hydroxylation sites is 1. The minimum Gasteiger partial charge on any atom is -0.483 e. The highest BCUT2D eigenvalue weighted by Gasteiger charge is 2.28. The van der Waals surface area contributed by atoms with Crippen LogP contribution in [0.3, 0.4) is 0 Å². The van der Waals surface area contributed by atoms with Gasteiger partial charge in [0, 0.05) is 39.3 Å². The molecule has 2 fully saturated rings. The van der Waals surface area contributed by atoms with Crippen molar-refractivity contribution in [3.05, 3.63) is 53.8 Å². The van der Waals surface area contributed by atoms with E-state index in [4.69, 9.17) is 4.74 Å². The van der Waals surface area contributed by atoms with Crippen LogP contribution >= 0.6 is 0 Å². The minimum absolute atomic E-state index is 0.126. The Labute approximate surface area is 188 Å². The van der Waals surface area contributed by atoms with Gasteiger partial charge in [-0.05, 0) is 55.7 Å². The van der Waals surface area contributed by atoms with Gasteiger partial charge in [-0.2, -0.15) is 4.31 Å². The number of rotatable bonds is 6. The van der Waals surface area contributed by atoms with Gasteiger partial charge in [-0.25, -0.2) is 12.8 Å². The normalized spacial score (nSPS) is 17.6. The number of piperazine rings is 1. The van der Waals surface area contributed by atoms with Crippen LogP contribution in [0.15, 0.2) is 47.4 Å². The lowest BCUT2D eigenvalue weighted by molar-refractivity contribution is -0.133. The monoisotopic (exact) mass is 461 g/mol. The zero-order chi connectivity index (χ0) is 22.7. The van der Waals surface area contributed by atoms with E-state index in [-0.39, 0.29) is 23.2 Å². The lowest BCUT2D eigenvalue weighted by Gasteiger charge is -2.36. The number of anilines is 1. The zero-order valence-electron chi connectivity index (χ0n) is 18.2. The van der Waals surface area contributed by atoms with E-state index in [1.54, 1.807) is 42.2 Å². The first-order valence-electron chi connectivity index (χ1n) is 10.9. The predicted molar refractivity (Wildman–Crippen MR) is 120 cm³/mol. The van der Waals surface area contributed by atoms with Gasteiger partial charge in [-0.3, -0.25) is 4.79 Å². The molecule has 1 amide bonds. The molecule has 2 heterocycles. The third-order valence-corrected chi connectivity index (χ3v) is 7.92. The minimum atomic E-state index is -3.49. The Kier molecular flexibility index (Phi) is 6.66. The number of ether oxygens (including phenoxy) is 1. The first-order chi connectivity index (χ1) is 15.4. The fraction of sp³-hybridized carbons (Fsp3) is 0.435. The van der Waals surface area contributed by atoms with Crippen molar-refractivity contribution in [3.63, 3.8) is 0 Å². The fourth-order valence-corrected chi connectivity index (χ4v) is 5.76. The van der Waals surface area contributed by atoms with Crippen LogP contribution in [0.5, 0.6) is 5.75 Å². The Balaban J connectivity index is 1.32. The van der Waals surface area contributed by atoms with E-state index in [9.17, 15) is 17.6 Å². The number of hydrogen-bond donors (Lipinski definition) is 0. The topological polar surface area (TPSA) is 70.2 Å². The highest BCUT2D eigenvalue weighted by molar-refractivity contribution is 7.89. The Morgan fingerprint density at radius 1 is 1.00 bits per heavy atom. The van der Waals surface area contributed by atoms with Gasteiger partial charge in [0.2, 0.25) is 10.0 Å². The molecule has 2 aliphatic heterocycles. The molecule has 0 saturated carbocycles. The molecule has 2 saturated heterocycles. The summed E-state index contributed by atoms with van der Waals surface area (Å²) in [6.07, 6.45) is 1.77. The molecule has 4 rings (SSSR count). The van der Waals surface area contributed by atoms with E-state index in [2.05, 4.69) is 0 Å². The van der Waals surface area contributed by atoms with E-state index >= 15 is 0 Å². The maximum atomic E-state index is 14.0. The first-order valence-corrected chi connectivity index (χ1v) is 12.3. The quantitative estimate of drug-likeness (QED) is 0.662. The summed E-state index contributed by atoms with van der Waals surface area (Å²) in [6, 6.07) is 11.4. The van der Waals surface area contributed by atoms with Crippen LogP contribution in [-0.2, 0) is 14.8 Å². The largest absolute Gasteiger partial charge is 0.483 e. The smallest absolute Gasteiger partial charge is 0.260 e. The molecule has 2 aromatic rings. The predicted octanol–water partition coefficient (Wildman–Crippen LogP) is 2.65. The van der Waals surface area contributed by atoms with Crippen molar-refractivity contribution < 1.29 is 22.3 Å². The number of sulfonamides is 1. The second-order valence-electron chi connectivity index (χ2n) is 8.15. The number of carbonyl (C=O) groups excluding carboxylic acids is 1. The maximum Gasteiger partial charge on any atom is 0.260 e. The molecular formula is C23H28FN3O4S. The van der Waals surface area contributed by atoms with Crippen LogP contribution in [0.1, 0.15) is 18.4 Å². The summed E-state index contributed by atoms with van der Waals surface area (Å²) in [5.74, 6) is 0.0799. The van der Waals surface area contributed by atoms with Crippen molar-refractivity contribution in [2.45, 2.75) is 24.7 Å². The van der Waals surface area contributed by atoms with Crippen LogP contribution < -0.4 is 9.64 Å². The van der Waals surface area contributed by atoms with E-state index in [0.29, 0.717) is 56.3 Å².